The molecule has 1 heterocycles. The molecule has 1 N–H and O–H groups in total. The summed E-state index contributed by atoms with van der Waals surface area (Å²) < 4.78 is 11.2. The van der Waals surface area contributed by atoms with Crippen LogP contribution in [0, 0.1) is 0 Å². The van der Waals surface area contributed by atoms with Crippen molar-refractivity contribution < 1.29 is 19.1 Å². The molecule has 0 aliphatic carbocycles. The van der Waals surface area contributed by atoms with Crippen LogP contribution in [0.15, 0.2) is 42.5 Å². The molecular weight excluding hydrogens is 428 g/mol. The van der Waals surface area contributed by atoms with Gasteiger partial charge in [0.1, 0.15) is 19.3 Å². The molecular formula is C25H31ClN2O4. The van der Waals surface area contributed by atoms with E-state index in [1.165, 1.54) is 0 Å². The third kappa shape index (κ3) is 6.63. The first-order valence-corrected chi connectivity index (χ1v) is 11.6. The van der Waals surface area contributed by atoms with E-state index >= 15 is 0 Å². The summed E-state index contributed by atoms with van der Waals surface area (Å²) in [5.74, 6) is 1.21. The molecule has 1 aliphatic rings. The Hall–Kier alpha value is -2.73. The highest BCUT2D eigenvalue weighted by Gasteiger charge is 2.26. The number of nitrogens with one attached hydrogen (secondary N) is 1. The molecule has 1 atom stereocenters. The maximum absolute atomic E-state index is 13.2. The smallest absolute Gasteiger partial charge is 0.242 e. The molecule has 0 bridgehead atoms. The van der Waals surface area contributed by atoms with Crippen LogP contribution in [0.3, 0.4) is 0 Å². The van der Waals surface area contributed by atoms with Gasteiger partial charge in [0.05, 0.1) is 0 Å². The quantitative estimate of drug-likeness (QED) is 0.536. The summed E-state index contributed by atoms with van der Waals surface area (Å²) in [6, 6.07) is 12.5. The second kappa shape index (κ2) is 11.8. The molecule has 0 unspecified atom stereocenters. The number of aryl methyl sites for hydroxylation is 1. The van der Waals surface area contributed by atoms with Gasteiger partial charge in [-0.2, -0.15) is 0 Å². The molecule has 0 saturated carbocycles. The van der Waals surface area contributed by atoms with E-state index in [1.807, 2.05) is 36.4 Å². The molecule has 0 spiro atoms. The Morgan fingerprint density at radius 2 is 1.88 bits per heavy atom. The van der Waals surface area contributed by atoms with E-state index in [9.17, 15) is 9.59 Å². The number of halogens is 1. The third-order valence-corrected chi connectivity index (χ3v) is 5.71. The molecule has 0 aromatic heterocycles. The van der Waals surface area contributed by atoms with E-state index in [0.717, 1.165) is 29.7 Å². The number of nitrogens with zero attached hydrogens (tertiary/aromatic N) is 1. The van der Waals surface area contributed by atoms with Crippen LogP contribution in [0.25, 0.3) is 0 Å². The molecule has 0 radical (unpaired) electrons. The fourth-order valence-corrected chi connectivity index (χ4v) is 3.80. The fourth-order valence-electron chi connectivity index (χ4n) is 3.59. The topological polar surface area (TPSA) is 67.9 Å². The second-order valence-corrected chi connectivity index (χ2v) is 8.39. The first kappa shape index (κ1) is 23.9. The minimum absolute atomic E-state index is 0.0852. The number of carbonyl (C=O) groups is 2. The summed E-state index contributed by atoms with van der Waals surface area (Å²) in [6.07, 6.45) is 2.73. The molecule has 0 fully saturated rings. The van der Waals surface area contributed by atoms with Crippen molar-refractivity contribution in [3.8, 4) is 11.5 Å². The van der Waals surface area contributed by atoms with E-state index in [1.54, 1.807) is 17.9 Å². The molecule has 172 valence electrons. The number of hydrogen-bond acceptors (Lipinski definition) is 4. The maximum Gasteiger partial charge on any atom is 0.242 e. The SMILES string of the molecule is CCCCNC(=O)[C@H](C)N(Cc1cccc(Cl)c1)C(=O)CCc1ccc2c(c1)OCCO2. The highest BCUT2D eigenvalue weighted by molar-refractivity contribution is 6.30. The fraction of sp³-hybridized carbons (Fsp3) is 0.440. The number of unbranched alkanes of at least 4 members (excludes halogenated alkanes) is 1. The number of benzene rings is 2. The van der Waals surface area contributed by atoms with Gasteiger partial charge in [0.25, 0.3) is 0 Å². The summed E-state index contributed by atoms with van der Waals surface area (Å²) in [6.45, 7) is 5.84. The van der Waals surface area contributed by atoms with Crippen LogP contribution in [0.4, 0.5) is 0 Å². The van der Waals surface area contributed by atoms with Crippen LogP contribution in [0.1, 0.15) is 44.2 Å². The van der Waals surface area contributed by atoms with E-state index in [4.69, 9.17) is 21.1 Å². The lowest BCUT2D eigenvalue weighted by Gasteiger charge is -2.29. The van der Waals surface area contributed by atoms with Gasteiger partial charge in [-0.25, -0.2) is 0 Å². The van der Waals surface area contributed by atoms with Gasteiger partial charge in [-0.3, -0.25) is 9.59 Å². The zero-order valence-corrected chi connectivity index (χ0v) is 19.5. The monoisotopic (exact) mass is 458 g/mol. The number of amides is 2. The maximum atomic E-state index is 13.2. The van der Waals surface area contributed by atoms with Crippen molar-refractivity contribution in [2.75, 3.05) is 19.8 Å². The van der Waals surface area contributed by atoms with Crippen molar-refractivity contribution in [3.05, 3.63) is 58.6 Å². The number of hydrogen-bond donors (Lipinski definition) is 1. The molecule has 2 aromatic rings. The first-order chi connectivity index (χ1) is 15.5. The largest absolute Gasteiger partial charge is 0.486 e. The summed E-state index contributed by atoms with van der Waals surface area (Å²) >= 11 is 6.13. The Balaban J connectivity index is 1.69. The van der Waals surface area contributed by atoms with Crippen LogP contribution in [0.2, 0.25) is 5.02 Å². The lowest BCUT2D eigenvalue weighted by Crippen LogP contribution is -2.47. The lowest BCUT2D eigenvalue weighted by molar-refractivity contribution is -0.140. The van der Waals surface area contributed by atoms with Crippen LogP contribution in [-0.2, 0) is 22.6 Å². The van der Waals surface area contributed by atoms with Crippen molar-refractivity contribution in [2.24, 2.45) is 0 Å². The van der Waals surface area contributed by atoms with Crippen LogP contribution >= 0.6 is 11.6 Å². The van der Waals surface area contributed by atoms with E-state index in [-0.39, 0.29) is 18.2 Å². The van der Waals surface area contributed by atoms with Gasteiger partial charge in [0, 0.05) is 24.5 Å². The Labute approximate surface area is 194 Å². The van der Waals surface area contributed by atoms with Gasteiger partial charge in [0.15, 0.2) is 11.5 Å². The van der Waals surface area contributed by atoms with Crippen LogP contribution < -0.4 is 14.8 Å². The second-order valence-electron chi connectivity index (χ2n) is 7.95. The summed E-state index contributed by atoms with van der Waals surface area (Å²) in [4.78, 5) is 27.6. The molecule has 3 rings (SSSR count). The van der Waals surface area contributed by atoms with E-state index in [2.05, 4.69) is 12.2 Å². The Kier molecular flexibility index (Phi) is 8.80. The summed E-state index contributed by atoms with van der Waals surface area (Å²) in [5.41, 5.74) is 1.88. The van der Waals surface area contributed by atoms with Crippen molar-refractivity contribution in [2.45, 2.75) is 52.1 Å². The minimum Gasteiger partial charge on any atom is -0.486 e. The molecule has 2 aromatic carbocycles. The predicted octanol–water partition coefficient (Wildman–Crippen LogP) is 4.38. The summed E-state index contributed by atoms with van der Waals surface area (Å²) in [7, 11) is 0. The Bertz CT molecular complexity index is 934. The third-order valence-electron chi connectivity index (χ3n) is 5.47. The van der Waals surface area contributed by atoms with E-state index in [0.29, 0.717) is 43.5 Å². The van der Waals surface area contributed by atoms with Crippen molar-refractivity contribution >= 4 is 23.4 Å². The van der Waals surface area contributed by atoms with Gasteiger partial charge in [-0.15, -0.1) is 0 Å². The van der Waals surface area contributed by atoms with Gasteiger partial charge in [-0.1, -0.05) is 43.1 Å². The lowest BCUT2D eigenvalue weighted by atomic mass is 10.1. The number of carbonyl (C=O) groups excluding carboxylic acids is 2. The normalized spacial score (nSPS) is 13.3. The number of rotatable bonds is 10. The highest BCUT2D eigenvalue weighted by atomic mass is 35.5. The molecule has 32 heavy (non-hydrogen) atoms. The van der Waals surface area contributed by atoms with Gasteiger partial charge in [-0.05, 0) is 55.2 Å². The molecule has 1 aliphatic heterocycles. The van der Waals surface area contributed by atoms with Gasteiger partial charge in [0.2, 0.25) is 11.8 Å². The number of fused-ring (bicyclic) bond motifs is 1. The predicted molar refractivity (Wildman–Crippen MR) is 125 cm³/mol. The standard InChI is InChI=1S/C25H31ClN2O4/c1-3-4-12-27-25(30)18(2)28(17-20-6-5-7-21(26)15-20)24(29)11-9-19-8-10-22-23(16-19)32-14-13-31-22/h5-8,10,15-16,18H,3-4,9,11-14,17H2,1-2H3,(H,27,30)/t18-/m0/s1. The Morgan fingerprint density at radius 1 is 1.09 bits per heavy atom. The molecule has 6 nitrogen and oxygen atoms in total. The average Bonchev–Trinajstić information content (AvgIpc) is 2.80. The molecule has 2 amide bonds. The summed E-state index contributed by atoms with van der Waals surface area (Å²) in [5, 5.41) is 3.54. The van der Waals surface area contributed by atoms with E-state index < -0.39 is 6.04 Å². The molecule has 7 heteroatoms. The zero-order chi connectivity index (χ0) is 22.9. The van der Waals surface area contributed by atoms with Crippen molar-refractivity contribution in [3.63, 3.8) is 0 Å². The van der Waals surface area contributed by atoms with Gasteiger partial charge < -0.3 is 19.7 Å². The van der Waals surface area contributed by atoms with Crippen LogP contribution in [-0.4, -0.2) is 42.5 Å². The van der Waals surface area contributed by atoms with Crippen molar-refractivity contribution in [1.29, 1.82) is 0 Å². The molecule has 0 saturated heterocycles. The average molecular weight is 459 g/mol. The number of ether oxygens (including phenoxy) is 2. The zero-order valence-electron chi connectivity index (χ0n) is 18.7. The van der Waals surface area contributed by atoms with Gasteiger partial charge >= 0.3 is 0 Å². The van der Waals surface area contributed by atoms with Crippen LogP contribution in [0.5, 0.6) is 11.5 Å². The first-order valence-electron chi connectivity index (χ1n) is 11.2. The van der Waals surface area contributed by atoms with Crippen molar-refractivity contribution in [1.82, 2.24) is 10.2 Å². The minimum atomic E-state index is -0.585. The Morgan fingerprint density at radius 3 is 2.62 bits per heavy atom. The highest BCUT2D eigenvalue weighted by Crippen LogP contribution is 2.31.